The summed E-state index contributed by atoms with van der Waals surface area (Å²) in [5, 5.41) is 3.62. The number of hydrogen-bond donors (Lipinski definition) is 1. The zero-order valence-corrected chi connectivity index (χ0v) is 14.1. The number of pyridine rings is 2. The summed E-state index contributed by atoms with van der Waals surface area (Å²) >= 11 is 0. The fraction of sp³-hybridized carbons (Fsp3) is 0.500. The van der Waals surface area contributed by atoms with E-state index in [-0.39, 0.29) is 0 Å². The molecule has 3 heterocycles. The predicted octanol–water partition coefficient (Wildman–Crippen LogP) is 3.44. The molecule has 0 amide bonds. The van der Waals surface area contributed by atoms with Crippen LogP contribution in [-0.4, -0.2) is 34.5 Å². The second-order valence-corrected chi connectivity index (χ2v) is 7.29. The van der Waals surface area contributed by atoms with Crippen LogP contribution in [0.3, 0.4) is 0 Å². The second-order valence-electron chi connectivity index (χ2n) is 7.29. The summed E-state index contributed by atoms with van der Waals surface area (Å²) in [5.41, 5.74) is 2.53. The van der Waals surface area contributed by atoms with Crippen molar-refractivity contribution in [2.45, 2.75) is 25.8 Å². The van der Waals surface area contributed by atoms with Gasteiger partial charge in [0.15, 0.2) is 0 Å². The van der Waals surface area contributed by atoms with E-state index < -0.39 is 0 Å². The Morgan fingerprint density at radius 3 is 2.79 bits per heavy atom. The molecular weight excluding hydrogens is 296 g/mol. The van der Waals surface area contributed by atoms with Crippen molar-refractivity contribution < 1.29 is 0 Å². The van der Waals surface area contributed by atoms with Gasteiger partial charge in [-0.2, -0.15) is 0 Å². The number of anilines is 1. The molecule has 4 nitrogen and oxygen atoms in total. The minimum Gasteiger partial charge on any atom is -0.385 e. The summed E-state index contributed by atoms with van der Waals surface area (Å²) in [6.45, 7) is 4.63. The summed E-state index contributed by atoms with van der Waals surface area (Å²) in [6, 6.07) is 8.35. The molecule has 4 heteroatoms. The van der Waals surface area contributed by atoms with Crippen LogP contribution in [-0.2, 0) is 6.54 Å². The Labute approximate surface area is 144 Å². The van der Waals surface area contributed by atoms with Crippen LogP contribution in [0.5, 0.6) is 0 Å². The maximum atomic E-state index is 4.25. The van der Waals surface area contributed by atoms with Gasteiger partial charge in [-0.3, -0.25) is 14.9 Å². The molecular formula is C20H26N4. The van der Waals surface area contributed by atoms with E-state index in [1.165, 1.54) is 43.6 Å². The first-order valence-corrected chi connectivity index (χ1v) is 9.13. The highest BCUT2D eigenvalue weighted by molar-refractivity contribution is 5.40. The summed E-state index contributed by atoms with van der Waals surface area (Å²) in [6.07, 6.45) is 11.7. The maximum absolute atomic E-state index is 4.25. The van der Waals surface area contributed by atoms with Gasteiger partial charge in [0.25, 0.3) is 0 Å². The Morgan fingerprint density at radius 1 is 1.04 bits per heavy atom. The monoisotopic (exact) mass is 322 g/mol. The van der Waals surface area contributed by atoms with Crippen molar-refractivity contribution in [1.29, 1.82) is 0 Å². The zero-order valence-electron chi connectivity index (χ0n) is 14.1. The lowest BCUT2D eigenvalue weighted by Gasteiger charge is -2.33. The van der Waals surface area contributed by atoms with E-state index in [1.54, 1.807) is 0 Å². The normalized spacial score (nSPS) is 26.9. The van der Waals surface area contributed by atoms with Gasteiger partial charge in [-0.05, 0) is 54.4 Å². The molecule has 2 fully saturated rings. The molecule has 126 valence electrons. The highest BCUT2D eigenvalue weighted by Gasteiger charge is 2.39. The minimum absolute atomic E-state index is 0.788. The van der Waals surface area contributed by atoms with Crippen molar-refractivity contribution in [3.05, 3.63) is 54.6 Å². The molecule has 0 aromatic carbocycles. The maximum Gasteiger partial charge on any atom is 0.0371 e. The number of nitrogens with zero attached hydrogens (tertiary/aromatic N) is 3. The number of hydrogen-bond acceptors (Lipinski definition) is 4. The lowest BCUT2D eigenvalue weighted by Crippen LogP contribution is -2.32. The summed E-state index contributed by atoms with van der Waals surface area (Å²) in [4.78, 5) is 11.0. The van der Waals surface area contributed by atoms with E-state index >= 15 is 0 Å². The van der Waals surface area contributed by atoms with Crippen molar-refractivity contribution in [2.24, 2.45) is 17.8 Å². The Morgan fingerprint density at radius 2 is 1.96 bits per heavy atom. The van der Waals surface area contributed by atoms with Crippen LogP contribution in [0, 0.1) is 17.8 Å². The fourth-order valence-electron chi connectivity index (χ4n) is 4.54. The molecule has 0 spiro atoms. The van der Waals surface area contributed by atoms with Crippen LogP contribution in [0.4, 0.5) is 5.69 Å². The molecule has 2 aromatic heterocycles. The molecule has 4 rings (SSSR count). The molecule has 1 aliphatic heterocycles. The third-order valence-electron chi connectivity index (χ3n) is 5.70. The highest BCUT2D eigenvalue weighted by atomic mass is 15.2. The average molecular weight is 322 g/mol. The van der Waals surface area contributed by atoms with Gasteiger partial charge >= 0.3 is 0 Å². The van der Waals surface area contributed by atoms with Gasteiger partial charge in [0, 0.05) is 56.7 Å². The molecule has 1 aliphatic carbocycles. The third-order valence-corrected chi connectivity index (χ3v) is 5.70. The van der Waals surface area contributed by atoms with Crippen molar-refractivity contribution in [3.8, 4) is 0 Å². The Balaban J connectivity index is 1.36. The number of fused-ring (bicyclic) bond motifs is 1. The Kier molecular flexibility index (Phi) is 4.74. The van der Waals surface area contributed by atoms with Gasteiger partial charge in [-0.15, -0.1) is 0 Å². The minimum atomic E-state index is 0.788. The van der Waals surface area contributed by atoms with Crippen LogP contribution in [0.1, 0.15) is 24.8 Å². The lowest BCUT2D eigenvalue weighted by molar-refractivity contribution is 0.207. The van der Waals surface area contributed by atoms with Crippen LogP contribution in [0.25, 0.3) is 0 Å². The number of likely N-dealkylation sites (tertiary alicyclic amines) is 1. The molecule has 1 N–H and O–H groups in total. The number of nitrogens with one attached hydrogen (secondary N) is 1. The van der Waals surface area contributed by atoms with Crippen molar-refractivity contribution in [1.82, 2.24) is 14.9 Å². The van der Waals surface area contributed by atoms with E-state index in [4.69, 9.17) is 0 Å². The molecule has 2 aromatic rings. The third kappa shape index (κ3) is 3.59. The van der Waals surface area contributed by atoms with Crippen LogP contribution >= 0.6 is 0 Å². The van der Waals surface area contributed by atoms with E-state index in [0.29, 0.717) is 0 Å². The number of aromatic nitrogens is 2. The van der Waals surface area contributed by atoms with Gasteiger partial charge in [-0.1, -0.05) is 12.5 Å². The molecule has 3 atom stereocenters. The van der Waals surface area contributed by atoms with Gasteiger partial charge < -0.3 is 5.32 Å². The quantitative estimate of drug-likeness (QED) is 0.915. The average Bonchev–Trinajstić information content (AvgIpc) is 3.04. The molecule has 0 radical (unpaired) electrons. The van der Waals surface area contributed by atoms with Gasteiger partial charge in [0.05, 0.1) is 0 Å². The van der Waals surface area contributed by atoms with Crippen LogP contribution in [0.2, 0.25) is 0 Å². The summed E-state index contributed by atoms with van der Waals surface area (Å²) in [5.74, 6) is 2.50. The van der Waals surface area contributed by atoms with Crippen molar-refractivity contribution >= 4 is 5.69 Å². The molecule has 2 aliphatic rings. The van der Waals surface area contributed by atoms with E-state index in [0.717, 1.165) is 30.8 Å². The molecule has 0 unspecified atom stereocenters. The van der Waals surface area contributed by atoms with E-state index in [1.807, 2.05) is 30.9 Å². The first-order chi connectivity index (χ1) is 11.9. The van der Waals surface area contributed by atoms with Crippen LogP contribution in [0.15, 0.2) is 49.1 Å². The highest BCUT2D eigenvalue weighted by Crippen LogP contribution is 2.40. The molecule has 1 saturated carbocycles. The van der Waals surface area contributed by atoms with E-state index in [9.17, 15) is 0 Å². The first-order valence-electron chi connectivity index (χ1n) is 9.13. The smallest absolute Gasteiger partial charge is 0.0371 e. The zero-order chi connectivity index (χ0) is 16.2. The van der Waals surface area contributed by atoms with Gasteiger partial charge in [0.2, 0.25) is 0 Å². The largest absolute Gasteiger partial charge is 0.385 e. The molecule has 24 heavy (non-hydrogen) atoms. The van der Waals surface area contributed by atoms with Crippen LogP contribution < -0.4 is 5.32 Å². The first kappa shape index (κ1) is 15.6. The SMILES string of the molecule is c1cncc(CN2C[C@H]3CCC[C@@H](CNc4ccncc4)[C@H]3C2)c1. The summed E-state index contributed by atoms with van der Waals surface area (Å²) < 4.78 is 0. The fourth-order valence-corrected chi connectivity index (χ4v) is 4.54. The standard InChI is InChI=1S/C20H26N4/c1-4-17(12-23-19-6-9-21-10-7-19)20-15-24(14-18(20)5-1)13-16-3-2-8-22-11-16/h2-3,6-11,17-18,20H,1,4-5,12-15H2,(H,21,23)/t17-,18+,20+/m0/s1. The van der Waals surface area contributed by atoms with E-state index in [2.05, 4.69) is 38.4 Å². The topological polar surface area (TPSA) is 41.1 Å². The van der Waals surface area contributed by atoms with Gasteiger partial charge in [-0.25, -0.2) is 0 Å². The Hall–Kier alpha value is -1.94. The van der Waals surface area contributed by atoms with Gasteiger partial charge in [0.1, 0.15) is 0 Å². The predicted molar refractivity (Wildman–Crippen MR) is 96.6 cm³/mol. The van der Waals surface area contributed by atoms with Crippen molar-refractivity contribution in [2.75, 3.05) is 25.0 Å². The molecule has 0 bridgehead atoms. The molecule has 1 saturated heterocycles. The Bertz CT molecular complexity index is 631. The van der Waals surface area contributed by atoms with Crippen molar-refractivity contribution in [3.63, 3.8) is 0 Å². The second kappa shape index (κ2) is 7.31. The summed E-state index contributed by atoms with van der Waals surface area (Å²) in [7, 11) is 0. The lowest BCUT2D eigenvalue weighted by atomic mass is 9.74. The number of rotatable bonds is 5.